The molecule has 1 heterocycles. The van der Waals surface area contributed by atoms with Gasteiger partial charge in [0.1, 0.15) is 17.1 Å². The van der Waals surface area contributed by atoms with Gasteiger partial charge in [0.2, 0.25) is 0 Å². The average molecular weight is 251 g/mol. The third-order valence-corrected chi connectivity index (χ3v) is 3.81. The molecule has 4 nitrogen and oxygen atoms in total. The zero-order valence-corrected chi connectivity index (χ0v) is 11.4. The quantitative estimate of drug-likeness (QED) is 0.886. The van der Waals surface area contributed by atoms with Crippen LogP contribution >= 0.6 is 0 Å². The number of hydrogen-bond donors (Lipinski definition) is 1. The third kappa shape index (κ3) is 2.18. The molecule has 0 aliphatic carbocycles. The van der Waals surface area contributed by atoms with Crippen molar-refractivity contribution in [2.24, 2.45) is 0 Å². The van der Waals surface area contributed by atoms with Crippen LogP contribution in [0.3, 0.4) is 0 Å². The largest absolute Gasteiger partial charge is 0.497 e. The van der Waals surface area contributed by atoms with Gasteiger partial charge in [-0.05, 0) is 32.5 Å². The van der Waals surface area contributed by atoms with Crippen LogP contribution in [0.1, 0.15) is 18.9 Å². The van der Waals surface area contributed by atoms with E-state index in [9.17, 15) is 5.11 Å². The van der Waals surface area contributed by atoms with Crippen molar-refractivity contribution in [2.75, 3.05) is 27.8 Å². The molecule has 1 N–H and O–H groups in total. The molecule has 2 unspecified atom stereocenters. The van der Waals surface area contributed by atoms with E-state index in [0.29, 0.717) is 24.8 Å². The number of likely N-dealkylation sites (tertiary alicyclic amines) is 1. The van der Waals surface area contributed by atoms with Crippen LogP contribution in [-0.2, 0) is 5.60 Å². The average Bonchev–Trinajstić information content (AvgIpc) is 2.63. The van der Waals surface area contributed by atoms with E-state index < -0.39 is 5.60 Å². The highest BCUT2D eigenvalue weighted by Gasteiger charge is 2.42. The summed E-state index contributed by atoms with van der Waals surface area (Å²) in [5.74, 6) is 1.41. The molecule has 0 bridgehead atoms. The Hall–Kier alpha value is -1.26. The van der Waals surface area contributed by atoms with Gasteiger partial charge in [-0.1, -0.05) is 0 Å². The molecule has 1 aromatic rings. The summed E-state index contributed by atoms with van der Waals surface area (Å²) >= 11 is 0. The van der Waals surface area contributed by atoms with Crippen molar-refractivity contribution in [2.45, 2.75) is 25.0 Å². The molecule has 4 heteroatoms. The predicted octanol–water partition coefficient (Wildman–Crippen LogP) is 1.62. The lowest BCUT2D eigenvalue weighted by Gasteiger charge is -2.25. The Morgan fingerprint density at radius 2 is 2.06 bits per heavy atom. The molecule has 1 aliphatic rings. The molecule has 0 radical (unpaired) electrons. The first-order valence-electron chi connectivity index (χ1n) is 6.15. The maximum Gasteiger partial charge on any atom is 0.128 e. The minimum Gasteiger partial charge on any atom is -0.497 e. The fourth-order valence-corrected chi connectivity index (χ4v) is 2.66. The highest BCUT2D eigenvalue weighted by Crippen LogP contribution is 2.40. The molecule has 0 saturated carbocycles. The van der Waals surface area contributed by atoms with Crippen molar-refractivity contribution in [1.82, 2.24) is 4.90 Å². The van der Waals surface area contributed by atoms with Gasteiger partial charge < -0.3 is 19.5 Å². The second kappa shape index (κ2) is 4.78. The van der Waals surface area contributed by atoms with Crippen LogP contribution in [0.2, 0.25) is 0 Å². The zero-order valence-electron chi connectivity index (χ0n) is 11.4. The van der Waals surface area contributed by atoms with Crippen LogP contribution in [0.15, 0.2) is 18.2 Å². The van der Waals surface area contributed by atoms with Crippen LogP contribution in [0.5, 0.6) is 11.5 Å². The number of benzene rings is 1. The van der Waals surface area contributed by atoms with E-state index in [2.05, 4.69) is 11.8 Å². The first kappa shape index (κ1) is 13.2. The summed E-state index contributed by atoms with van der Waals surface area (Å²) in [4.78, 5) is 2.16. The van der Waals surface area contributed by atoms with E-state index in [1.165, 1.54) is 0 Å². The van der Waals surface area contributed by atoms with Gasteiger partial charge in [-0.15, -0.1) is 0 Å². The number of methoxy groups -OCH3 is 2. The van der Waals surface area contributed by atoms with Crippen molar-refractivity contribution in [3.8, 4) is 11.5 Å². The summed E-state index contributed by atoms with van der Waals surface area (Å²) in [6, 6.07) is 5.93. The highest BCUT2D eigenvalue weighted by atomic mass is 16.5. The number of rotatable bonds is 3. The fraction of sp³-hybridized carbons (Fsp3) is 0.571. The van der Waals surface area contributed by atoms with E-state index in [4.69, 9.17) is 9.47 Å². The van der Waals surface area contributed by atoms with Crippen molar-refractivity contribution < 1.29 is 14.6 Å². The molecule has 2 rings (SSSR count). The van der Waals surface area contributed by atoms with Crippen molar-refractivity contribution in [1.29, 1.82) is 0 Å². The lowest BCUT2D eigenvalue weighted by molar-refractivity contribution is 0.0460. The fourth-order valence-electron chi connectivity index (χ4n) is 2.66. The molecule has 1 fully saturated rings. The molecular weight excluding hydrogens is 230 g/mol. The number of likely N-dealkylation sites (N-methyl/N-ethyl adjacent to an activating group) is 1. The number of nitrogens with zero attached hydrogens (tertiary/aromatic N) is 1. The van der Waals surface area contributed by atoms with Gasteiger partial charge in [-0.25, -0.2) is 0 Å². The first-order chi connectivity index (χ1) is 8.50. The molecule has 1 aromatic carbocycles. The molecular formula is C14H21NO3. The highest BCUT2D eigenvalue weighted by molar-refractivity contribution is 5.44. The maximum absolute atomic E-state index is 10.8. The van der Waals surface area contributed by atoms with E-state index >= 15 is 0 Å². The van der Waals surface area contributed by atoms with E-state index in [1.807, 2.05) is 25.2 Å². The smallest absolute Gasteiger partial charge is 0.128 e. The standard InChI is InChI=1S/C14H21NO3/c1-10-8-14(16,9-15(10)2)12-6-5-11(17-3)7-13(12)18-4/h5-7,10,16H,8-9H2,1-4H3. The Kier molecular flexibility index (Phi) is 3.50. The Labute approximate surface area is 108 Å². The summed E-state index contributed by atoms with van der Waals surface area (Å²) in [5.41, 5.74) is -0.00630. The summed E-state index contributed by atoms with van der Waals surface area (Å²) < 4.78 is 10.6. The van der Waals surface area contributed by atoms with Gasteiger partial charge in [0, 0.05) is 24.2 Å². The molecule has 1 aliphatic heterocycles. The summed E-state index contributed by atoms with van der Waals surface area (Å²) in [5, 5.41) is 10.8. The minimum absolute atomic E-state index is 0.363. The predicted molar refractivity (Wildman–Crippen MR) is 70.2 cm³/mol. The first-order valence-corrected chi connectivity index (χ1v) is 6.15. The number of β-amino-alcohol motifs (C(OH)–C–C–N with tert-alkyl or cyclic N) is 1. The van der Waals surface area contributed by atoms with E-state index in [1.54, 1.807) is 14.2 Å². The summed E-state index contributed by atoms with van der Waals surface area (Å²) in [6.07, 6.45) is 0.714. The minimum atomic E-state index is -0.841. The van der Waals surface area contributed by atoms with Crippen LogP contribution in [-0.4, -0.2) is 43.9 Å². The lowest BCUT2D eigenvalue weighted by Crippen LogP contribution is -2.29. The second-order valence-corrected chi connectivity index (χ2v) is 5.07. The van der Waals surface area contributed by atoms with E-state index in [0.717, 1.165) is 11.3 Å². The number of hydrogen-bond acceptors (Lipinski definition) is 4. The molecule has 0 amide bonds. The Bertz CT molecular complexity index is 423. The lowest BCUT2D eigenvalue weighted by atomic mass is 9.90. The van der Waals surface area contributed by atoms with Crippen LogP contribution in [0.25, 0.3) is 0 Å². The van der Waals surface area contributed by atoms with Crippen LogP contribution in [0, 0.1) is 0 Å². The normalized spacial score (nSPS) is 28.4. The monoisotopic (exact) mass is 251 g/mol. The maximum atomic E-state index is 10.8. The molecule has 0 aromatic heterocycles. The number of ether oxygens (including phenoxy) is 2. The van der Waals surface area contributed by atoms with Gasteiger partial charge >= 0.3 is 0 Å². The van der Waals surface area contributed by atoms with Crippen molar-refractivity contribution in [3.63, 3.8) is 0 Å². The van der Waals surface area contributed by atoms with E-state index in [-0.39, 0.29) is 0 Å². The molecule has 1 saturated heterocycles. The molecule has 100 valence electrons. The summed E-state index contributed by atoms with van der Waals surface area (Å²) in [7, 11) is 5.26. The van der Waals surface area contributed by atoms with Crippen LogP contribution < -0.4 is 9.47 Å². The Morgan fingerprint density at radius 3 is 2.56 bits per heavy atom. The van der Waals surface area contributed by atoms with Crippen molar-refractivity contribution >= 4 is 0 Å². The van der Waals surface area contributed by atoms with Gasteiger partial charge in [-0.2, -0.15) is 0 Å². The Balaban J connectivity index is 2.39. The Morgan fingerprint density at radius 1 is 1.33 bits per heavy atom. The SMILES string of the molecule is COc1ccc(C2(O)CC(C)N(C)C2)c(OC)c1. The number of aliphatic hydroxyl groups is 1. The van der Waals surface area contributed by atoms with Gasteiger partial charge in [-0.3, -0.25) is 0 Å². The van der Waals surface area contributed by atoms with Gasteiger partial charge in [0.25, 0.3) is 0 Å². The molecule has 18 heavy (non-hydrogen) atoms. The van der Waals surface area contributed by atoms with Crippen LogP contribution in [0.4, 0.5) is 0 Å². The summed E-state index contributed by atoms with van der Waals surface area (Å²) in [6.45, 7) is 2.74. The zero-order chi connectivity index (χ0) is 13.3. The molecule has 0 spiro atoms. The van der Waals surface area contributed by atoms with Crippen molar-refractivity contribution in [3.05, 3.63) is 23.8 Å². The third-order valence-electron chi connectivity index (χ3n) is 3.81. The van der Waals surface area contributed by atoms with Gasteiger partial charge in [0.15, 0.2) is 0 Å². The second-order valence-electron chi connectivity index (χ2n) is 5.07. The topological polar surface area (TPSA) is 41.9 Å². The molecule has 2 atom stereocenters. The van der Waals surface area contributed by atoms with Gasteiger partial charge in [0.05, 0.1) is 14.2 Å².